The van der Waals surface area contributed by atoms with E-state index in [4.69, 9.17) is 38.0 Å². The lowest BCUT2D eigenvalue weighted by molar-refractivity contribution is 0.190. The first-order chi connectivity index (χ1) is 20.7. The number of halogens is 2. The number of nitrogens with one attached hydrogen (secondary N) is 2. The summed E-state index contributed by atoms with van der Waals surface area (Å²) in [7, 11) is 1.58. The summed E-state index contributed by atoms with van der Waals surface area (Å²) in [5.41, 5.74) is 6.82. The molecule has 0 fully saturated rings. The van der Waals surface area contributed by atoms with E-state index in [1.54, 1.807) is 25.5 Å². The molecule has 0 bridgehead atoms. The van der Waals surface area contributed by atoms with Gasteiger partial charge in [0, 0.05) is 54.0 Å². The summed E-state index contributed by atoms with van der Waals surface area (Å²) in [5, 5.41) is 31.2. The number of pyridine rings is 1. The summed E-state index contributed by atoms with van der Waals surface area (Å²) in [4.78, 5) is 9.32. The van der Waals surface area contributed by atoms with Crippen molar-refractivity contribution in [3.05, 3.63) is 88.2 Å². The van der Waals surface area contributed by atoms with Gasteiger partial charge in [-0.25, -0.2) is 14.5 Å². The number of benzene rings is 2. The Hall–Kier alpha value is -3.57. The van der Waals surface area contributed by atoms with Gasteiger partial charge in [0.05, 0.1) is 52.6 Å². The standard InChI is InChI=1S/C32H34Cl2N6O3/c1-19(41)14-35-16-21-10-11-27(38-32(21)43-3)25-8-4-6-23(30(25)33)24-7-5-9-26(31(24)34)28-12-13-29-37-22(18-40(29)39-28)17-36-15-20(2)42/h4-13,18-20,35-36,41-42H,14-17H2,1-3H3/t19-,20+/m0/s1. The van der Waals surface area contributed by atoms with Crippen LogP contribution in [0.4, 0.5) is 0 Å². The highest BCUT2D eigenvalue weighted by molar-refractivity contribution is 6.39. The molecule has 0 aliphatic rings. The Morgan fingerprint density at radius 1 is 0.767 bits per heavy atom. The number of hydrogen-bond donors (Lipinski definition) is 4. The van der Waals surface area contributed by atoms with Crippen LogP contribution >= 0.6 is 23.2 Å². The topological polar surface area (TPSA) is 117 Å². The number of nitrogens with zero attached hydrogens (tertiary/aromatic N) is 4. The van der Waals surface area contributed by atoms with Crippen LogP contribution in [0.15, 0.2) is 66.9 Å². The molecule has 4 N–H and O–H groups in total. The van der Waals surface area contributed by atoms with Gasteiger partial charge in [-0.15, -0.1) is 0 Å². The van der Waals surface area contributed by atoms with Gasteiger partial charge in [-0.05, 0) is 32.0 Å². The van der Waals surface area contributed by atoms with Gasteiger partial charge in [0.2, 0.25) is 5.88 Å². The van der Waals surface area contributed by atoms with Gasteiger partial charge in [0.15, 0.2) is 5.65 Å². The second kappa shape index (κ2) is 13.8. The zero-order valence-electron chi connectivity index (χ0n) is 24.2. The lowest BCUT2D eigenvalue weighted by atomic mass is 9.98. The van der Waals surface area contributed by atoms with Crippen LogP contribution in [0.5, 0.6) is 5.88 Å². The van der Waals surface area contributed by atoms with Gasteiger partial charge in [-0.1, -0.05) is 65.7 Å². The number of aliphatic hydroxyl groups excluding tert-OH is 2. The molecule has 5 aromatic rings. The van der Waals surface area contributed by atoms with Gasteiger partial charge in [0.25, 0.3) is 0 Å². The van der Waals surface area contributed by atoms with Crippen LogP contribution in [-0.4, -0.2) is 62.2 Å². The van der Waals surface area contributed by atoms with E-state index in [1.807, 2.05) is 66.9 Å². The van der Waals surface area contributed by atoms with Gasteiger partial charge >= 0.3 is 0 Å². The molecule has 224 valence electrons. The molecular formula is C32H34Cl2N6O3. The summed E-state index contributed by atoms with van der Waals surface area (Å²) < 4.78 is 7.29. The fraction of sp³-hybridized carbons (Fsp3) is 0.281. The minimum absolute atomic E-state index is 0.431. The second-order valence-corrected chi connectivity index (χ2v) is 11.2. The molecule has 9 nitrogen and oxygen atoms in total. The molecule has 3 aromatic heterocycles. The van der Waals surface area contributed by atoms with E-state index in [-0.39, 0.29) is 0 Å². The maximum atomic E-state index is 9.54. The molecular weight excluding hydrogens is 587 g/mol. The van der Waals surface area contributed by atoms with E-state index in [0.29, 0.717) is 59.1 Å². The van der Waals surface area contributed by atoms with Gasteiger partial charge in [0.1, 0.15) is 0 Å². The zero-order valence-corrected chi connectivity index (χ0v) is 25.7. The smallest absolute Gasteiger partial charge is 0.218 e. The molecule has 43 heavy (non-hydrogen) atoms. The van der Waals surface area contributed by atoms with Crippen LogP contribution < -0.4 is 15.4 Å². The summed E-state index contributed by atoms with van der Waals surface area (Å²) >= 11 is 14.0. The van der Waals surface area contributed by atoms with Crippen molar-refractivity contribution < 1.29 is 14.9 Å². The van der Waals surface area contributed by atoms with Crippen molar-refractivity contribution in [1.82, 2.24) is 30.2 Å². The lowest BCUT2D eigenvalue weighted by Gasteiger charge is -2.15. The third-order valence-electron chi connectivity index (χ3n) is 6.84. The Labute approximate surface area is 260 Å². The fourth-order valence-electron chi connectivity index (χ4n) is 4.79. The molecule has 0 amide bonds. The largest absolute Gasteiger partial charge is 0.481 e. The first-order valence-corrected chi connectivity index (χ1v) is 14.8. The van der Waals surface area contributed by atoms with Crippen LogP contribution in [0, 0.1) is 0 Å². The summed E-state index contributed by atoms with van der Waals surface area (Å²) in [6, 6.07) is 19.2. The first kappa shape index (κ1) is 30.9. The first-order valence-electron chi connectivity index (χ1n) is 14.0. The zero-order chi connectivity index (χ0) is 30.5. The van der Waals surface area contributed by atoms with E-state index < -0.39 is 12.2 Å². The number of hydrogen-bond acceptors (Lipinski definition) is 8. The van der Waals surface area contributed by atoms with Crippen LogP contribution in [0.2, 0.25) is 10.0 Å². The Morgan fingerprint density at radius 2 is 1.35 bits per heavy atom. The molecule has 3 heterocycles. The molecule has 0 unspecified atom stereocenters. The van der Waals surface area contributed by atoms with E-state index in [9.17, 15) is 10.2 Å². The number of rotatable bonds is 12. The number of imidazole rings is 1. The van der Waals surface area contributed by atoms with Crippen LogP contribution in [0.3, 0.4) is 0 Å². The number of fused-ring (bicyclic) bond motifs is 1. The molecule has 2 aromatic carbocycles. The van der Waals surface area contributed by atoms with E-state index in [1.165, 1.54) is 0 Å². The van der Waals surface area contributed by atoms with Crippen LogP contribution in [0.25, 0.3) is 39.3 Å². The normalized spacial score (nSPS) is 12.9. The molecule has 11 heteroatoms. The van der Waals surface area contributed by atoms with Gasteiger partial charge < -0.3 is 25.6 Å². The summed E-state index contributed by atoms with van der Waals surface area (Å²) in [5.74, 6) is 0.486. The molecule has 0 saturated heterocycles. The monoisotopic (exact) mass is 620 g/mol. The number of ether oxygens (including phenoxy) is 1. The minimum Gasteiger partial charge on any atom is -0.481 e. The third kappa shape index (κ3) is 7.15. The molecule has 0 radical (unpaired) electrons. The average Bonchev–Trinajstić information content (AvgIpc) is 3.39. The Bertz CT molecular complexity index is 1720. The quantitative estimate of drug-likeness (QED) is 0.147. The predicted octanol–water partition coefficient (Wildman–Crippen LogP) is 5.38. The predicted molar refractivity (Wildman–Crippen MR) is 170 cm³/mol. The third-order valence-corrected chi connectivity index (χ3v) is 7.66. The van der Waals surface area contributed by atoms with Gasteiger partial charge in [-0.2, -0.15) is 5.10 Å². The maximum Gasteiger partial charge on any atom is 0.218 e. The average molecular weight is 622 g/mol. The number of aromatic nitrogens is 4. The molecule has 0 saturated carbocycles. The SMILES string of the molecule is COc1nc(-c2cccc(-c3cccc(-c4ccc5nc(CNC[C@@H](C)O)cn5n4)c3Cl)c2Cl)ccc1CNC[C@H](C)O. The number of aliphatic hydroxyl groups is 2. The van der Waals surface area contributed by atoms with Crippen LogP contribution in [0.1, 0.15) is 25.1 Å². The van der Waals surface area contributed by atoms with Crippen molar-refractivity contribution in [2.45, 2.75) is 39.1 Å². The highest BCUT2D eigenvalue weighted by atomic mass is 35.5. The van der Waals surface area contributed by atoms with Crippen molar-refractivity contribution in [2.75, 3.05) is 20.2 Å². The van der Waals surface area contributed by atoms with Crippen molar-refractivity contribution >= 4 is 28.8 Å². The Morgan fingerprint density at radius 3 is 1.98 bits per heavy atom. The van der Waals surface area contributed by atoms with E-state index >= 15 is 0 Å². The van der Waals surface area contributed by atoms with Crippen molar-refractivity contribution in [3.8, 4) is 39.5 Å². The molecule has 5 rings (SSSR count). The minimum atomic E-state index is -0.447. The molecule has 0 aliphatic heterocycles. The lowest BCUT2D eigenvalue weighted by Crippen LogP contribution is -2.24. The van der Waals surface area contributed by atoms with Crippen LogP contribution in [-0.2, 0) is 13.1 Å². The van der Waals surface area contributed by atoms with Gasteiger partial charge in [-0.3, -0.25) is 0 Å². The Balaban J connectivity index is 1.44. The van der Waals surface area contributed by atoms with E-state index in [2.05, 4.69) is 15.6 Å². The molecule has 2 atom stereocenters. The molecule has 0 spiro atoms. The highest BCUT2D eigenvalue weighted by Crippen LogP contribution is 2.42. The highest BCUT2D eigenvalue weighted by Gasteiger charge is 2.18. The maximum absolute atomic E-state index is 9.54. The number of methoxy groups -OCH3 is 1. The Kier molecular flexibility index (Phi) is 9.92. The van der Waals surface area contributed by atoms with E-state index in [0.717, 1.165) is 33.5 Å². The fourth-order valence-corrected chi connectivity index (χ4v) is 5.44. The summed E-state index contributed by atoms with van der Waals surface area (Å²) in [6.07, 6.45) is 0.985. The summed E-state index contributed by atoms with van der Waals surface area (Å²) in [6.45, 7) is 5.45. The second-order valence-electron chi connectivity index (χ2n) is 10.4. The molecule has 0 aliphatic carbocycles. The van der Waals surface area contributed by atoms with Crippen molar-refractivity contribution in [1.29, 1.82) is 0 Å². The van der Waals surface area contributed by atoms with Crippen molar-refractivity contribution in [2.24, 2.45) is 0 Å². The van der Waals surface area contributed by atoms with Crippen molar-refractivity contribution in [3.63, 3.8) is 0 Å².